The van der Waals surface area contributed by atoms with Gasteiger partial charge in [0.15, 0.2) is 0 Å². The number of benzene rings is 2. The minimum absolute atomic E-state index is 0.0117. The molecule has 1 fully saturated rings. The first-order valence-electron chi connectivity index (χ1n) is 13.7. The van der Waals surface area contributed by atoms with Gasteiger partial charge in [0.05, 0.1) is 15.8 Å². The van der Waals surface area contributed by atoms with Gasteiger partial charge in [-0.3, -0.25) is 4.90 Å². The minimum Gasteiger partial charge on any atom is -0.465 e. The number of carbonyl (C=O) groups is 2. The first-order chi connectivity index (χ1) is 20.7. The van der Waals surface area contributed by atoms with Crippen molar-refractivity contribution in [3.05, 3.63) is 71.2 Å². The molecular formula is C32H30F3N5O3S. The van der Waals surface area contributed by atoms with Crippen molar-refractivity contribution in [2.45, 2.75) is 45.3 Å². The number of aromatic nitrogens is 1. The summed E-state index contributed by atoms with van der Waals surface area (Å²) in [6.45, 7) is 6.42. The molecule has 228 valence electrons. The number of amides is 3. The van der Waals surface area contributed by atoms with Crippen LogP contribution in [0.15, 0.2) is 60.1 Å². The van der Waals surface area contributed by atoms with Gasteiger partial charge in [0.1, 0.15) is 11.4 Å². The van der Waals surface area contributed by atoms with Gasteiger partial charge < -0.3 is 21.5 Å². The van der Waals surface area contributed by atoms with E-state index in [0.29, 0.717) is 30.0 Å². The summed E-state index contributed by atoms with van der Waals surface area (Å²) < 4.78 is 39.8. The standard InChI is InChI=1S/C32H30F3N5O3S/c1-30(2,3)31(13-5-15-40(31)29(42)43)14-12-20-17-37-27(36)25-24(18-44-26(20)25)19-8-10-22(11-9-19)38-28(41)39-23-7-4-6-21(16-23)32(33,34)35/h4,6-11,16-18H,5,13,15H2,1-3H3,(H2,36,37)(H,42,43)(H2,38,39,41)/t31-/m1/s1. The number of urea groups is 1. The first kappa shape index (κ1) is 30.7. The van der Waals surface area contributed by atoms with E-state index in [9.17, 15) is 27.9 Å². The number of pyridine rings is 1. The Morgan fingerprint density at radius 1 is 1.09 bits per heavy atom. The highest BCUT2D eigenvalue weighted by molar-refractivity contribution is 7.18. The van der Waals surface area contributed by atoms with Gasteiger partial charge in [-0.05, 0) is 59.5 Å². The third-order valence-electron chi connectivity index (χ3n) is 7.78. The lowest BCUT2D eigenvalue weighted by molar-refractivity contribution is -0.137. The Kier molecular flexibility index (Phi) is 7.94. The Hall–Kier alpha value is -4.76. The second-order valence-electron chi connectivity index (χ2n) is 11.5. The molecule has 1 aliphatic rings. The average molecular weight is 622 g/mol. The molecule has 5 rings (SSSR count). The highest BCUT2D eigenvalue weighted by Gasteiger charge is 2.51. The van der Waals surface area contributed by atoms with E-state index in [2.05, 4.69) is 27.5 Å². The van der Waals surface area contributed by atoms with E-state index in [0.717, 1.165) is 39.8 Å². The molecule has 3 heterocycles. The van der Waals surface area contributed by atoms with Gasteiger partial charge in [-0.2, -0.15) is 13.2 Å². The monoisotopic (exact) mass is 621 g/mol. The number of hydrogen-bond donors (Lipinski definition) is 4. The zero-order valence-corrected chi connectivity index (χ0v) is 25.0. The maximum absolute atomic E-state index is 13.0. The van der Waals surface area contributed by atoms with Crippen LogP contribution in [0.5, 0.6) is 0 Å². The number of halogens is 3. The maximum Gasteiger partial charge on any atom is 0.416 e. The van der Waals surface area contributed by atoms with E-state index in [1.165, 1.54) is 28.4 Å². The van der Waals surface area contributed by atoms with Gasteiger partial charge in [0.2, 0.25) is 0 Å². The van der Waals surface area contributed by atoms with E-state index in [1.54, 1.807) is 30.5 Å². The molecule has 1 aliphatic heterocycles. The lowest BCUT2D eigenvalue weighted by Gasteiger charge is -2.43. The van der Waals surface area contributed by atoms with Gasteiger partial charge in [0.25, 0.3) is 0 Å². The molecule has 4 aromatic rings. The normalized spacial score (nSPS) is 16.8. The fraction of sp³-hybridized carbons (Fsp3) is 0.281. The summed E-state index contributed by atoms with van der Waals surface area (Å²) in [6.07, 6.45) is -2.54. The molecule has 0 spiro atoms. The molecule has 0 bridgehead atoms. The van der Waals surface area contributed by atoms with Crippen LogP contribution < -0.4 is 16.4 Å². The number of thiophene rings is 1. The first-order valence-corrected chi connectivity index (χ1v) is 14.6. The fourth-order valence-electron chi connectivity index (χ4n) is 5.51. The van der Waals surface area contributed by atoms with Crippen molar-refractivity contribution in [3.63, 3.8) is 0 Å². The summed E-state index contributed by atoms with van der Waals surface area (Å²) in [7, 11) is 0. The number of nitrogens with two attached hydrogens (primary N) is 1. The number of likely N-dealkylation sites (tertiary alicyclic amines) is 1. The Morgan fingerprint density at radius 3 is 2.45 bits per heavy atom. The van der Waals surface area contributed by atoms with Crippen LogP contribution in [0.3, 0.4) is 0 Å². The minimum atomic E-state index is -4.52. The van der Waals surface area contributed by atoms with E-state index < -0.39 is 34.8 Å². The quantitative estimate of drug-likeness (QED) is 0.172. The Labute approximate surface area is 256 Å². The molecule has 0 saturated carbocycles. The summed E-state index contributed by atoms with van der Waals surface area (Å²) in [5.74, 6) is 6.87. The number of rotatable bonds is 3. The van der Waals surface area contributed by atoms with Crippen molar-refractivity contribution in [2.75, 3.05) is 22.9 Å². The number of carbonyl (C=O) groups excluding carboxylic acids is 1. The van der Waals surface area contributed by atoms with E-state index in [-0.39, 0.29) is 5.69 Å². The van der Waals surface area contributed by atoms with Gasteiger partial charge in [0, 0.05) is 35.1 Å². The molecule has 2 aromatic heterocycles. The van der Waals surface area contributed by atoms with Crippen molar-refractivity contribution < 1.29 is 27.9 Å². The number of nitrogen functional groups attached to an aromatic ring is 1. The summed E-state index contributed by atoms with van der Waals surface area (Å²) in [4.78, 5) is 30.3. The number of alkyl halides is 3. The van der Waals surface area contributed by atoms with Crippen LogP contribution >= 0.6 is 11.3 Å². The van der Waals surface area contributed by atoms with Crippen LogP contribution in [0, 0.1) is 17.3 Å². The fourth-order valence-corrected chi connectivity index (χ4v) is 6.57. The number of nitrogens with one attached hydrogen (secondary N) is 2. The lowest BCUT2D eigenvalue weighted by Crippen LogP contribution is -2.54. The van der Waals surface area contributed by atoms with Gasteiger partial charge in [-0.1, -0.05) is 50.8 Å². The highest BCUT2D eigenvalue weighted by Crippen LogP contribution is 2.44. The molecule has 0 radical (unpaired) electrons. The van der Waals surface area contributed by atoms with Crippen LogP contribution in [-0.4, -0.2) is 39.2 Å². The Morgan fingerprint density at radius 2 is 1.80 bits per heavy atom. The molecule has 12 heteroatoms. The third-order valence-corrected chi connectivity index (χ3v) is 8.80. The number of carboxylic acid groups (broad SMARTS) is 1. The zero-order valence-electron chi connectivity index (χ0n) is 24.2. The maximum atomic E-state index is 13.0. The van der Waals surface area contributed by atoms with Crippen molar-refractivity contribution in [1.82, 2.24) is 9.88 Å². The van der Waals surface area contributed by atoms with Crippen LogP contribution in [-0.2, 0) is 6.18 Å². The van der Waals surface area contributed by atoms with Crippen molar-refractivity contribution in [3.8, 4) is 23.0 Å². The van der Waals surface area contributed by atoms with Crippen LogP contribution in [0.2, 0.25) is 0 Å². The second kappa shape index (κ2) is 11.4. The topological polar surface area (TPSA) is 121 Å². The third kappa shape index (κ3) is 5.88. The van der Waals surface area contributed by atoms with Gasteiger partial charge >= 0.3 is 18.3 Å². The highest BCUT2D eigenvalue weighted by atomic mass is 32.1. The molecule has 0 aliphatic carbocycles. The van der Waals surface area contributed by atoms with E-state index >= 15 is 0 Å². The molecule has 5 N–H and O–H groups in total. The number of anilines is 3. The SMILES string of the molecule is CC(C)(C)[C@]1(C#Cc2cnc(N)c3c(-c4ccc(NC(=O)Nc5cccc(C(F)(F)F)c5)cc4)csc23)CCCN1C(=O)O. The molecule has 8 nitrogen and oxygen atoms in total. The summed E-state index contributed by atoms with van der Waals surface area (Å²) in [5, 5.41) is 17.6. The number of fused-ring (bicyclic) bond motifs is 1. The summed E-state index contributed by atoms with van der Waals surface area (Å²) in [6, 6.07) is 10.6. The zero-order chi connectivity index (χ0) is 31.9. The van der Waals surface area contributed by atoms with E-state index in [4.69, 9.17) is 5.73 Å². The Bertz CT molecular complexity index is 1800. The van der Waals surface area contributed by atoms with Gasteiger partial charge in [-0.15, -0.1) is 11.3 Å². The van der Waals surface area contributed by atoms with E-state index in [1.807, 2.05) is 26.2 Å². The molecular weight excluding hydrogens is 591 g/mol. The largest absolute Gasteiger partial charge is 0.465 e. The predicted molar refractivity (Wildman–Crippen MR) is 167 cm³/mol. The van der Waals surface area contributed by atoms with Crippen molar-refractivity contribution in [1.29, 1.82) is 0 Å². The van der Waals surface area contributed by atoms with Crippen molar-refractivity contribution in [2.24, 2.45) is 5.41 Å². The summed E-state index contributed by atoms with van der Waals surface area (Å²) >= 11 is 1.45. The molecule has 3 amide bonds. The number of nitrogens with zero attached hydrogens (tertiary/aromatic N) is 2. The Balaban J connectivity index is 1.39. The number of hydrogen-bond acceptors (Lipinski definition) is 5. The predicted octanol–water partition coefficient (Wildman–Crippen LogP) is 8.12. The molecule has 44 heavy (non-hydrogen) atoms. The van der Waals surface area contributed by atoms with Crippen LogP contribution in [0.25, 0.3) is 21.2 Å². The van der Waals surface area contributed by atoms with Crippen LogP contribution in [0.1, 0.15) is 44.7 Å². The van der Waals surface area contributed by atoms with Crippen molar-refractivity contribution >= 4 is 50.7 Å². The summed E-state index contributed by atoms with van der Waals surface area (Å²) in [5.41, 5.74) is 6.90. The lowest BCUT2D eigenvalue weighted by atomic mass is 9.72. The molecule has 0 unspecified atom stereocenters. The average Bonchev–Trinajstić information content (AvgIpc) is 3.59. The molecule has 1 saturated heterocycles. The second-order valence-corrected chi connectivity index (χ2v) is 12.4. The van der Waals surface area contributed by atoms with Gasteiger partial charge in [-0.25, -0.2) is 14.6 Å². The smallest absolute Gasteiger partial charge is 0.416 e. The molecule has 1 atom stereocenters. The van der Waals surface area contributed by atoms with Crippen LogP contribution in [0.4, 0.5) is 40.0 Å². The molecule has 2 aromatic carbocycles.